The minimum Gasteiger partial charge on any atom is -0.489 e. The van der Waals surface area contributed by atoms with E-state index in [2.05, 4.69) is 63.6 Å². The number of hydrogen-bond acceptors (Lipinski definition) is 5. The molecule has 4 rings (SSSR count). The van der Waals surface area contributed by atoms with E-state index in [9.17, 15) is 4.79 Å². The van der Waals surface area contributed by atoms with Crippen LogP contribution in [-0.2, 0) is 6.61 Å². The van der Waals surface area contributed by atoms with Crippen molar-refractivity contribution in [3.63, 3.8) is 0 Å². The van der Waals surface area contributed by atoms with Crippen LogP contribution in [0.3, 0.4) is 0 Å². The summed E-state index contributed by atoms with van der Waals surface area (Å²) in [6, 6.07) is 20.8. The lowest BCUT2D eigenvalue weighted by Gasteiger charge is -2.10. The van der Waals surface area contributed by atoms with Gasteiger partial charge in [0.05, 0.1) is 6.21 Å². The van der Waals surface area contributed by atoms with Crippen molar-refractivity contribution in [3.05, 3.63) is 112 Å². The molecule has 1 N–H and O–H groups in total. The standard InChI is InChI=1S/C28H26BrN3O4/c1-4-15-34-26-13-7-22(29)16-21(26)17-30-31-28(33)27-14-12-25(36-27)18-35-24-10-8-23(9-11-24)32-19(2)5-6-20(32)3/h4-14,16-17H,1,15,18H2,2-3H3,(H,31,33)/b30-17+. The van der Waals surface area contributed by atoms with Crippen LogP contribution in [0.1, 0.15) is 33.3 Å². The number of nitrogens with zero attached hydrogens (tertiary/aromatic N) is 2. The molecule has 0 aliphatic heterocycles. The highest BCUT2D eigenvalue weighted by atomic mass is 79.9. The zero-order valence-electron chi connectivity index (χ0n) is 20.0. The van der Waals surface area contributed by atoms with Crippen molar-refractivity contribution in [2.45, 2.75) is 20.5 Å². The lowest BCUT2D eigenvalue weighted by molar-refractivity contribution is 0.0923. The van der Waals surface area contributed by atoms with Gasteiger partial charge in [-0.15, -0.1) is 0 Å². The Morgan fingerprint density at radius 1 is 1.06 bits per heavy atom. The third-order valence-corrected chi connectivity index (χ3v) is 5.82. The fourth-order valence-corrected chi connectivity index (χ4v) is 3.99. The number of furan rings is 1. The summed E-state index contributed by atoms with van der Waals surface area (Å²) in [5.74, 6) is 1.52. The van der Waals surface area contributed by atoms with Gasteiger partial charge in [-0.2, -0.15) is 5.10 Å². The summed E-state index contributed by atoms with van der Waals surface area (Å²) in [7, 11) is 0. The lowest BCUT2D eigenvalue weighted by atomic mass is 10.2. The van der Waals surface area contributed by atoms with E-state index in [1.54, 1.807) is 18.2 Å². The molecule has 0 bridgehead atoms. The normalized spacial score (nSPS) is 11.0. The molecule has 0 aliphatic carbocycles. The highest BCUT2D eigenvalue weighted by Crippen LogP contribution is 2.22. The fourth-order valence-electron chi connectivity index (χ4n) is 3.62. The maximum Gasteiger partial charge on any atom is 0.307 e. The fraction of sp³-hybridized carbons (Fsp3) is 0.143. The topological polar surface area (TPSA) is 78.0 Å². The summed E-state index contributed by atoms with van der Waals surface area (Å²) in [4.78, 5) is 12.4. The van der Waals surface area contributed by atoms with Crippen LogP contribution in [0, 0.1) is 13.8 Å². The first kappa shape index (κ1) is 25.1. The second-order valence-corrected chi connectivity index (χ2v) is 8.90. The van der Waals surface area contributed by atoms with Crippen LogP contribution in [0.4, 0.5) is 0 Å². The van der Waals surface area contributed by atoms with Gasteiger partial charge < -0.3 is 18.5 Å². The molecule has 2 aromatic heterocycles. The van der Waals surface area contributed by atoms with Gasteiger partial charge in [-0.3, -0.25) is 4.79 Å². The van der Waals surface area contributed by atoms with Gasteiger partial charge >= 0.3 is 5.91 Å². The zero-order chi connectivity index (χ0) is 25.5. The summed E-state index contributed by atoms with van der Waals surface area (Å²) in [6.45, 7) is 8.35. The third kappa shape index (κ3) is 6.14. The van der Waals surface area contributed by atoms with Crippen LogP contribution in [0.15, 0.2) is 93.4 Å². The minimum absolute atomic E-state index is 0.136. The van der Waals surface area contributed by atoms with Gasteiger partial charge in [0, 0.05) is 27.1 Å². The Hall–Kier alpha value is -4.04. The number of rotatable bonds is 10. The second kappa shape index (κ2) is 11.6. The molecular weight excluding hydrogens is 522 g/mol. The first-order valence-electron chi connectivity index (χ1n) is 11.3. The average molecular weight is 548 g/mol. The third-order valence-electron chi connectivity index (χ3n) is 5.33. The van der Waals surface area contributed by atoms with Gasteiger partial charge in [0.15, 0.2) is 5.76 Å². The Bertz CT molecular complexity index is 1370. The predicted molar refractivity (Wildman–Crippen MR) is 143 cm³/mol. The van der Waals surface area contributed by atoms with Crippen molar-refractivity contribution in [1.82, 2.24) is 9.99 Å². The predicted octanol–water partition coefficient (Wildman–Crippen LogP) is 6.36. The number of ether oxygens (including phenoxy) is 2. The molecule has 0 saturated heterocycles. The Balaban J connectivity index is 1.32. The average Bonchev–Trinajstić information content (AvgIpc) is 3.49. The van der Waals surface area contributed by atoms with E-state index in [1.165, 1.54) is 17.6 Å². The molecular formula is C28H26BrN3O4. The molecule has 0 unspecified atom stereocenters. The molecule has 7 nitrogen and oxygen atoms in total. The van der Waals surface area contributed by atoms with Crippen molar-refractivity contribution in [3.8, 4) is 17.2 Å². The van der Waals surface area contributed by atoms with E-state index >= 15 is 0 Å². The van der Waals surface area contributed by atoms with E-state index in [1.807, 2.05) is 42.5 Å². The Labute approximate surface area is 218 Å². The zero-order valence-corrected chi connectivity index (χ0v) is 21.6. The van der Waals surface area contributed by atoms with Gasteiger partial charge in [-0.1, -0.05) is 28.6 Å². The number of hydrogen-bond donors (Lipinski definition) is 1. The van der Waals surface area contributed by atoms with Gasteiger partial charge in [0.1, 0.15) is 30.5 Å². The van der Waals surface area contributed by atoms with Gasteiger partial charge in [0.25, 0.3) is 0 Å². The largest absolute Gasteiger partial charge is 0.489 e. The summed E-state index contributed by atoms with van der Waals surface area (Å²) in [5.41, 5.74) is 6.58. The van der Waals surface area contributed by atoms with Gasteiger partial charge in [-0.25, -0.2) is 5.43 Å². The van der Waals surface area contributed by atoms with Crippen LogP contribution in [-0.4, -0.2) is 23.3 Å². The molecule has 0 aliphatic rings. The van der Waals surface area contributed by atoms with E-state index in [4.69, 9.17) is 13.9 Å². The van der Waals surface area contributed by atoms with Crippen LogP contribution in [0.2, 0.25) is 0 Å². The summed E-state index contributed by atoms with van der Waals surface area (Å²) >= 11 is 3.42. The van der Waals surface area contributed by atoms with Crippen molar-refractivity contribution in [2.75, 3.05) is 6.61 Å². The molecule has 0 atom stereocenters. The number of amides is 1. The molecule has 0 radical (unpaired) electrons. The first-order valence-corrected chi connectivity index (χ1v) is 12.1. The minimum atomic E-state index is -0.470. The Morgan fingerprint density at radius 3 is 2.53 bits per heavy atom. The molecule has 2 heterocycles. The number of halogens is 1. The first-order chi connectivity index (χ1) is 17.4. The molecule has 0 spiro atoms. The Kier molecular flexibility index (Phi) is 8.07. The lowest BCUT2D eigenvalue weighted by Crippen LogP contribution is -2.16. The highest BCUT2D eigenvalue weighted by Gasteiger charge is 2.11. The van der Waals surface area contributed by atoms with Crippen molar-refractivity contribution in [2.24, 2.45) is 5.10 Å². The monoisotopic (exact) mass is 547 g/mol. The van der Waals surface area contributed by atoms with Crippen LogP contribution in [0.5, 0.6) is 11.5 Å². The molecule has 36 heavy (non-hydrogen) atoms. The van der Waals surface area contributed by atoms with Crippen LogP contribution < -0.4 is 14.9 Å². The van der Waals surface area contributed by atoms with E-state index in [0.717, 1.165) is 10.2 Å². The number of carbonyl (C=O) groups is 1. The Morgan fingerprint density at radius 2 is 1.81 bits per heavy atom. The smallest absolute Gasteiger partial charge is 0.307 e. The van der Waals surface area contributed by atoms with Crippen molar-refractivity contribution < 1.29 is 18.7 Å². The quantitative estimate of drug-likeness (QED) is 0.142. The number of aryl methyl sites for hydroxylation is 2. The maximum atomic E-state index is 12.4. The molecule has 0 fully saturated rings. The summed E-state index contributed by atoms with van der Waals surface area (Å²) in [5, 5.41) is 4.03. The number of nitrogens with one attached hydrogen (secondary N) is 1. The van der Waals surface area contributed by atoms with E-state index in [0.29, 0.717) is 29.4 Å². The van der Waals surface area contributed by atoms with Crippen molar-refractivity contribution >= 4 is 28.1 Å². The van der Waals surface area contributed by atoms with E-state index < -0.39 is 5.91 Å². The number of benzene rings is 2. The highest BCUT2D eigenvalue weighted by molar-refractivity contribution is 9.10. The SMILES string of the molecule is C=CCOc1ccc(Br)cc1/C=N/NC(=O)c1ccc(COc2ccc(-n3c(C)ccc3C)cc2)o1. The number of carbonyl (C=O) groups excluding carboxylic acids is 1. The number of hydrazone groups is 1. The molecule has 0 saturated carbocycles. The molecule has 2 aromatic carbocycles. The maximum absolute atomic E-state index is 12.4. The molecule has 8 heteroatoms. The molecule has 184 valence electrons. The van der Waals surface area contributed by atoms with Crippen molar-refractivity contribution in [1.29, 1.82) is 0 Å². The van der Waals surface area contributed by atoms with Gasteiger partial charge in [-0.05, 0) is 80.6 Å². The van der Waals surface area contributed by atoms with Gasteiger partial charge in [0.2, 0.25) is 0 Å². The van der Waals surface area contributed by atoms with E-state index in [-0.39, 0.29) is 12.4 Å². The van der Waals surface area contributed by atoms with Crippen LogP contribution >= 0.6 is 15.9 Å². The molecule has 1 amide bonds. The summed E-state index contributed by atoms with van der Waals surface area (Å²) in [6.07, 6.45) is 3.16. The number of aromatic nitrogens is 1. The van der Waals surface area contributed by atoms with Crippen LogP contribution in [0.25, 0.3) is 5.69 Å². The second-order valence-electron chi connectivity index (χ2n) is 7.98. The summed E-state index contributed by atoms with van der Waals surface area (Å²) < 4.78 is 20.1. The molecule has 4 aromatic rings.